The van der Waals surface area contributed by atoms with Crippen LogP contribution in [-0.4, -0.2) is 6.47 Å². The van der Waals surface area contributed by atoms with Crippen molar-refractivity contribution >= 4 is 17.2 Å². The summed E-state index contributed by atoms with van der Waals surface area (Å²) >= 11 is 0. The number of ether oxygens (including phenoxy) is 1. The Hall–Kier alpha value is -1.83. The lowest BCUT2D eigenvalue weighted by Crippen LogP contribution is -1.92. The van der Waals surface area contributed by atoms with Crippen LogP contribution in [0, 0.1) is 6.92 Å². The van der Waals surface area contributed by atoms with Crippen LogP contribution in [0.5, 0.6) is 5.75 Å². The molecule has 0 fully saturated rings. The maximum atomic E-state index is 10.2. The van der Waals surface area contributed by atoms with E-state index in [4.69, 9.17) is 4.74 Å². The van der Waals surface area contributed by atoms with Crippen molar-refractivity contribution in [3.05, 3.63) is 42.0 Å². The average Bonchev–Trinajstić information content (AvgIpc) is 2.23. The molecule has 69 valence electrons. The van der Waals surface area contributed by atoms with E-state index < -0.39 is 0 Å². The molecule has 0 unspecified atom stereocenters. The lowest BCUT2D eigenvalue weighted by molar-refractivity contribution is 0.443. The minimum Gasteiger partial charge on any atom is -0.417 e. The van der Waals surface area contributed by atoms with Crippen molar-refractivity contribution in [3.63, 3.8) is 0 Å². The number of hydrogen-bond donors (Lipinski definition) is 0. The second-order valence-electron chi connectivity index (χ2n) is 3.12. The molecule has 0 aliphatic carbocycles. The van der Waals surface area contributed by atoms with E-state index in [1.807, 2.05) is 43.3 Å². The molecule has 0 aliphatic rings. The molecule has 0 spiro atoms. The number of carbonyl (C=O) groups excluding carboxylic acids is 1. The minimum absolute atomic E-state index is 0.595. The zero-order valence-electron chi connectivity index (χ0n) is 7.78. The van der Waals surface area contributed by atoms with E-state index in [0.29, 0.717) is 5.75 Å². The van der Waals surface area contributed by atoms with Gasteiger partial charge in [0.25, 0.3) is 0 Å². The van der Waals surface area contributed by atoms with Gasteiger partial charge in [0.1, 0.15) is 5.75 Å². The summed E-state index contributed by atoms with van der Waals surface area (Å²) in [6.07, 6.45) is 0. The fraction of sp³-hybridized carbons (Fsp3) is 0.0833. The molecule has 0 saturated heterocycles. The van der Waals surface area contributed by atoms with E-state index in [-0.39, 0.29) is 0 Å². The summed E-state index contributed by atoms with van der Waals surface area (Å²) in [5.41, 5.74) is 0.937. The molecule has 2 rings (SSSR count). The van der Waals surface area contributed by atoms with E-state index in [0.717, 1.165) is 16.3 Å². The van der Waals surface area contributed by atoms with Crippen LogP contribution >= 0.6 is 0 Å². The first-order valence-corrected chi connectivity index (χ1v) is 4.35. The van der Waals surface area contributed by atoms with Crippen LogP contribution in [0.25, 0.3) is 10.8 Å². The van der Waals surface area contributed by atoms with Gasteiger partial charge in [0.15, 0.2) is 0 Å². The number of fused-ring (bicyclic) bond motifs is 1. The molecule has 0 amide bonds. The molecule has 14 heavy (non-hydrogen) atoms. The predicted octanol–water partition coefficient (Wildman–Crippen LogP) is 2.59. The van der Waals surface area contributed by atoms with Crippen molar-refractivity contribution < 1.29 is 9.53 Å². The van der Waals surface area contributed by atoms with Crippen LogP contribution < -0.4 is 4.74 Å². The van der Waals surface area contributed by atoms with Crippen LogP contribution in [0.1, 0.15) is 5.56 Å². The Morgan fingerprint density at radius 3 is 2.71 bits per heavy atom. The zero-order valence-corrected chi connectivity index (χ0v) is 7.78. The molecule has 2 aromatic rings. The molecule has 2 nitrogen and oxygen atoms in total. The second kappa shape index (κ2) is 3.50. The molecule has 0 atom stereocenters. The maximum Gasteiger partial charge on any atom is 0.423 e. The van der Waals surface area contributed by atoms with Crippen LogP contribution in [0.2, 0.25) is 0 Å². The van der Waals surface area contributed by atoms with Gasteiger partial charge in [-0.05, 0) is 17.9 Å². The molecule has 0 bridgehead atoms. The van der Waals surface area contributed by atoms with Gasteiger partial charge in [-0.2, -0.15) is 0 Å². The van der Waals surface area contributed by atoms with Crippen molar-refractivity contribution in [2.24, 2.45) is 0 Å². The van der Waals surface area contributed by atoms with Gasteiger partial charge in [-0.15, -0.1) is 0 Å². The molecular formula is C12H9O2. The summed E-state index contributed by atoms with van der Waals surface area (Å²) in [6, 6.07) is 11.7. The maximum absolute atomic E-state index is 10.2. The summed E-state index contributed by atoms with van der Waals surface area (Å²) in [6.45, 7) is 3.37. The molecular weight excluding hydrogens is 176 g/mol. The molecule has 2 heteroatoms. The van der Waals surface area contributed by atoms with E-state index >= 15 is 0 Å². The SMILES string of the molecule is Cc1ccc2ccccc2c1O[C]=O. The Balaban J connectivity index is 2.75. The molecule has 0 saturated carbocycles. The van der Waals surface area contributed by atoms with Crippen molar-refractivity contribution in [2.75, 3.05) is 0 Å². The van der Waals surface area contributed by atoms with E-state index in [9.17, 15) is 4.79 Å². The highest BCUT2D eigenvalue weighted by Crippen LogP contribution is 2.28. The van der Waals surface area contributed by atoms with Gasteiger partial charge in [0.05, 0.1) is 0 Å². The van der Waals surface area contributed by atoms with E-state index in [1.54, 1.807) is 0 Å². The van der Waals surface area contributed by atoms with Crippen molar-refractivity contribution in [2.45, 2.75) is 6.92 Å². The van der Waals surface area contributed by atoms with Gasteiger partial charge in [-0.25, -0.2) is 4.79 Å². The monoisotopic (exact) mass is 185 g/mol. The first-order valence-electron chi connectivity index (χ1n) is 4.35. The third-order valence-electron chi connectivity index (χ3n) is 2.22. The minimum atomic E-state index is 0.595. The third-order valence-corrected chi connectivity index (χ3v) is 2.22. The Kier molecular flexibility index (Phi) is 2.19. The highest BCUT2D eigenvalue weighted by molar-refractivity contribution is 5.90. The summed E-state index contributed by atoms with van der Waals surface area (Å²) in [7, 11) is 0. The standard InChI is InChI=1S/C12H9O2/c1-9-6-7-10-4-2-3-5-11(10)12(9)14-8-13/h2-7H,1H3. The fourth-order valence-corrected chi connectivity index (χ4v) is 1.53. The first-order chi connectivity index (χ1) is 6.83. The quantitative estimate of drug-likeness (QED) is 0.718. The van der Waals surface area contributed by atoms with Crippen LogP contribution in [-0.2, 0) is 4.79 Å². The van der Waals surface area contributed by atoms with Crippen LogP contribution in [0.3, 0.4) is 0 Å². The number of benzene rings is 2. The van der Waals surface area contributed by atoms with Crippen LogP contribution in [0.15, 0.2) is 36.4 Å². The van der Waals surface area contributed by atoms with Gasteiger partial charge >= 0.3 is 6.47 Å². The Labute approximate surface area is 82.1 Å². The molecule has 1 radical (unpaired) electrons. The highest BCUT2D eigenvalue weighted by Gasteiger charge is 2.04. The molecule has 0 N–H and O–H groups in total. The summed E-state index contributed by atoms with van der Waals surface area (Å²) < 4.78 is 4.84. The molecule has 0 heterocycles. The fourth-order valence-electron chi connectivity index (χ4n) is 1.53. The average molecular weight is 185 g/mol. The highest BCUT2D eigenvalue weighted by atomic mass is 16.5. The number of hydrogen-bond acceptors (Lipinski definition) is 2. The van der Waals surface area contributed by atoms with Crippen molar-refractivity contribution in [1.82, 2.24) is 0 Å². The second-order valence-corrected chi connectivity index (χ2v) is 3.12. The molecule has 0 aliphatic heterocycles. The molecule has 2 aromatic carbocycles. The zero-order chi connectivity index (χ0) is 9.97. The lowest BCUT2D eigenvalue weighted by atomic mass is 10.1. The topological polar surface area (TPSA) is 26.3 Å². The number of rotatable bonds is 2. The summed E-state index contributed by atoms with van der Waals surface area (Å²) in [5.74, 6) is 0.595. The van der Waals surface area contributed by atoms with Gasteiger partial charge in [-0.1, -0.05) is 36.4 Å². The third kappa shape index (κ3) is 1.35. The largest absolute Gasteiger partial charge is 0.423 e. The molecule has 0 aromatic heterocycles. The van der Waals surface area contributed by atoms with Gasteiger partial charge in [0, 0.05) is 5.39 Å². The van der Waals surface area contributed by atoms with Gasteiger partial charge < -0.3 is 4.74 Å². The smallest absolute Gasteiger partial charge is 0.417 e. The lowest BCUT2D eigenvalue weighted by Gasteiger charge is -2.06. The number of aryl methyl sites for hydroxylation is 1. The predicted molar refractivity (Wildman–Crippen MR) is 55.0 cm³/mol. The van der Waals surface area contributed by atoms with Gasteiger partial charge in [0.2, 0.25) is 0 Å². The first kappa shape index (κ1) is 8.75. The Bertz CT molecular complexity index is 475. The van der Waals surface area contributed by atoms with E-state index in [2.05, 4.69) is 0 Å². The van der Waals surface area contributed by atoms with Crippen molar-refractivity contribution in [1.29, 1.82) is 0 Å². The Morgan fingerprint density at radius 1 is 1.14 bits per heavy atom. The summed E-state index contributed by atoms with van der Waals surface area (Å²) in [4.78, 5) is 10.2. The van der Waals surface area contributed by atoms with E-state index in [1.165, 1.54) is 6.47 Å². The van der Waals surface area contributed by atoms with Crippen LogP contribution in [0.4, 0.5) is 0 Å². The normalized spacial score (nSPS) is 10.1. The van der Waals surface area contributed by atoms with Crippen molar-refractivity contribution in [3.8, 4) is 5.75 Å². The summed E-state index contributed by atoms with van der Waals surface area (Å²) in [5, 5.41) is 2.00. The van der Waals surface area contributed by atoms with Gasteiger partial charge in [-0.3, -0.25) is 0 Å². The Morgan fingerprint density at radius 2 is 1.93 bits per heavy atom.